The minimum absolute atomic E-state index is 0.0144. The van der Waals surface area contributed by atoms with Gasteiger partial charge in [-0.1, -0.05) is 0 Å². The number of nitrogens with zero attached hydrogens (tertiary/aromatic N) is 3. The number of nitrogens with one attached hydrogen (secondary N) is 2. The maximum atomic E-state index is 13.3. The second kappa shape index (κ2) is 8.99. The average Bonchev–Trinajstić information content (AvgIpc) is 2.76. The standard InChI is InChI=1S/C21H30F3N5O2/c1-14-10-17(21(22,23)24)28-18(27-14)12-26-19(30)20-4-2-16(29-6-8-31-9-7-29)11-15(20)3-5-25-13-20/h10,15-16,25H,2-9,11-13H2,1H3,(H,26,30)/t15-,16+,20-/m1/s1. The zero-order chi connectivity index (χ0) is 22.1. The number of fused-ring (bicyclic) bond motifs is 1. The van der Waals surface area contributed by atoms with E-state index in [0.717, 1.165) is 64.6 Å². The number of rotatable bonds is 4. The molecule has 0 aromatic carbocycles. The van der Waals surface area contributed by atoms with Crippen molar-refractivity contribution < 1.29 is 22.7 Å². The Morgan fingerprint density at radius 1 is 1.32 bits per heavy atom. The first-order valence-corrected chi connectivity index (χ1v) is 11.0. The Hall–Kier alpha value is -1.78. The van der Waals surface area contributed by atoms with E-state index >= 15 is 0 Å². The van der Waals surface area contributed by atoms with Gasteiger partial charge in [0.05, 0.1) is 25.2 Å². The zero-order valence-electron chi connectivity index (χ0n) is 17.8. The van der Waals surface area contributed by atoms with Crippen LogP contribution in [-0.2, 0) is 22.3 Å². The predicted molar refractivity (Wildman–Crippen MR) is 107 cm³/mol. The van der Waals surface area contributed by atoms with E-state index in [1.807, 2.05) is 0 Å². The summed E-state index contributed by atoms with van der Waals surface area (Å²) in [4.78, 5) is 23.5. The number of halogens is 3. The van der Waals surface area contributed by atoms with Crippen LogP contribution < -0.4 is 10.6 Å². The van der Waals surface area contributed by atoms with E-state index in [9.17, 15) is 18.0 Å². The number of alkyl halides is 3. The van der Waals surface area contributed by atoms with Crippen LogP contribution in [0.2, 0.25) is 0 Å². The molecule has 4 rings (SSSR count). The molecule has 2 N–H and O–H groups in total. The molecule has 1 aliphatic carbocycles. The number of carbonyl (C=O) groups excluding carboxylic acids is 1. The number of hydrogen-bond acceptors (Lipinski definition) is 6. The number of carbonyl (C=O) groups is 1. The number of ether oxygens (including phenoxy) is 1. The molecule has 1 aromatic rings. The Bertz CT molecular complexity index is 800. The van der Waals surface area contributed by atoms with Crippen molar-refractivity contribution in [3.8, 4) is 0 Å². The molecule has 172 valence electrons. The summed E-state index contributed by atoms with van der Waals surface area (Å²) in [6.07, 6.45) is -0.950. The number of piperidine rings is 1. The zero-order valence-corrected chi connectivity index (χ0v) is 17.8. The highest BCUT2D eigenvalue weighted by Crippen LogP contribution is 2.46. The van der Waals surface area contributed by atoms with Gasteiger partial charge in [-0.05, 0) is 51.1 Å². The normalized spacial score (nSPS) is 29.9. The van der Waals surface area contributed by atoms with Crippen LogP contribution in [0, 0.1) is 18.3 Å². The largest absolute Gasteiger partial charge is 0.433 e. The third-order valence-corrected chi connectivity index (χ3v) is 6.98. The Balaban J connectivity index is 1.44. The second-order valence-corrected chi connectivity index (χ2v) is 8.89. The van der Waals surface area contributed by atoms with E-state index in [2.05, 4.69) is 25.5 Å². The Labute approximate surface area is 180 Å². The van der Waals surface area contributed by atoms with Gasteiger partial charge in [0.2, 0.25) is 5.91 Å². The van der Waals surface area contributed by atoms with Crippen molar-refractivity contribution in [2.45, 2.75) is 51.4 Å². The fourth-order valence-electron chi connectivity index (χ4n) is 5.36. The molecule has 31 heavy (non-hydrogen) atoms. The summed E-state index contributed by atoms with van der Waals surface area (Å²) in [5, 5.41) is 6.22. The molecule has 2 saturated heterocycles. The fraction of sp³-hybridized carbons (Fsp3) is 0.762. The summed E-state index contributed by atoms with van der Waals surface area (Å²) in [5.74, 6) is 0.127. The first-order valence-electron chi connectivity index (χ1n) is 11.0. The monoisotopic (exact) mass is 441 g/mol. The van der Waals surface area contributed by atoms with E-state index < -0.39 is 17.3 Å². The molecule has 10 heteroatoms. The van der Waals surface area contributed by atoms with Gasteiger partial charge in [-0.2, -0.15) is 13.2 Å². The first kappa shape index (κ1) is 22.4. The second-order valence-electron chi connectivity index (χ2n) is 8.89. The maximum Gasteiger partial charge on any atom is 0.433 e. The molecular weight excluding hydrogens is 411 g/mol. The Morgan fingerprint density at radius 2 is 2.10 bits per heavy atom. The molecule has 1 aromatic heterocycles. The van der Waals surface area contributed by atoms with Crippen LogP contribution in [0.4, 0.5) is 13.2 Å². The van der Waals surface area contributed by atoms with Crippen LogP contribution in [0.25, 0.3) is 0 Å². The van der Waals surface area contributed by atoms with E-state index in [1.165, 1.54) is 6.92 Å². The lowest BCUT2D eigenvalue weighted by molar-refractivity contribution is -0.141. The molecule has 0 unspecified atom stereocenters. The SMILES string of the molecule is Cc1cc(C(F)(F)F)nc(CNC(=O)[C@@]23CC[C@H](N4CCOCC4)C[C@H]2CCNC3)n1. The molecule has 0 bridgehead atoms. The maximum absolute atomic E-state index is 13.3. The van der Waals surface area contributed by atoms with Gasteiger partial charge in [-0.15, -0.1) is 0 Å². The lowest BCUT2D eigenvalue weighted by Gasteiger charge is -2.50. The van der Waals surface area contributed by atoms with E-state index in [1.54, 1.807) is 0 Å². The van der Waals surface area contributed by atoms with Crippen LogP contribution in [0.3, 0.4) is 0 Å². The van der Waals surface area contributed by atoms with Gasteiger partial charge in [-0.25, -0.2) is 9.97 Å². The van der Waals surface area contributed by atoms with Gasteiger partial charge in [0.1, 0.15) is 11.5 Å². The van der Waals surface area contributed by atoms with E-state index in [0.29, 0.717) is 12.6 Å². The van der Waals surface area contributed by atoms with Crippen LogP contribution >= 0.6 is 0 Å². The van der Waals surface area contributed by atoms with E-state index in [-0.39, 0.29) is 29.9 Å². The molecule has 2 aliphatic heterocycles. The van der Waals surface area contributed by atoms with Gasteiger partial charge in [0.15, 0.2) is 0 Å². The van der Waals surface area contributed by atoms with Crippen molar-refractivity contribution in [2.24, 2.45) is 11.3 Å². The van der Waals surface area contributed by atoms with E-state index in [4.69, 9.17) is 4.74 Å². The van der Waals surface area contributed by atoms with Crippen molar-refractivity contribution in [1.29, 1.82) is 0 Å². The van der Waals surface area contributed by atoms with Gasteiger partial charge < -0.3 is 15.4 Å². The average molecular weight is 441 g/mol. The molecule has 3 heterocycles. The highest BCUT2D eigenvalue weighted by atomic mass is 19.4. The Kier molecular flexibility index (Phi) is 6.50. The molecule has 7 nitrogen and oxygen atoms in total. The highest BCUT2D eigenvalue weighted by Gasteiger charge is 2.50. The summed E-state index contributed by atoms with van der Waals surface area (Å²) in [7, 11) is 0. The van der Waals surface area contributed by atoms with Crippen molar-refractivity contribution in [1.82, 2.24) is 25.5 Å². The van der Waals surface area contributed by atoms with Gasteiger partial charge in [-0.3, -0.25) is 9.69 Å². The summed E-state index contributed by atoms with van der Waals surface area (Å²) in [5.41, 5.74) is -1.28. The first-order chi connectivity index (χ1) is 14.8. The molecule has 1 saturated carbocycles. The minimum atomic E-state index is -4.54. The molecule has 3 fully saturated rings. The third kappa shape index (κ3) is 4.85. The number of aromatic nitrogens is 2. The van der Waals surface area contributed by atoms with Crippen LogP contribution in [-0.4, -0.2) is 66.2 Å². The number of morpholine rings is 1. The van der Waals surface area contributed by atoms with Crippen LogP contribution in [0.5, 0.6) is 0 Å². The number of aryl methyl sites for hydroxylation is 1. The molecule has 0 radical (unpaired) electrons. The van der Waals surface area contributed by atoms with Crippen molar-refractivity contribution in [2.75, 3.05) is 39.4 Å². The van der Waals surface area contributed by atoms with Crippen molar-refractivity contribution in [3.63, 3.8) is 0 Å². The van der Waals surface area contributed by atoms with Gasteiger partial charge >= 0.3 is 6.18 Å². The molecule has 1 amide bonds. The van der Waals surface area contributed by atoms with Gasteiger partial charge in [0, 0.05) is 31.4 Å². The van der Waals surface area contributed by atoms with Crippen molar-refractivity contribution in [3.05, 3.63) is 23.3 Å². The summed E-state index contributed by atoms with van der Waals surface area (Å²) >= 11 is 0. The number of hydrogen-bond donors (Lipinski definition) is 2. The summed E-state index contributed by atoms with van der Waals surface area (Å²) in [6.45, 7) is 6.24. The Morgan fingerprint density at radius 3 is 2.84 bits per heavy atom. The molecule has 0 spiro atoms. The topological polar surface area (TPSA) is 79.4 Å². The fourth-order valence-corrected chi connectivity index (χ4v) is 5.36. The summed E-state index contributed by atoms with van der Waals surface area (Å²) < 4.78 is 44.6. The van der Waals surface area contributed by atoms with Crippen LogP contribution in [0.15, 0.2) is 6.07 Å². The summed E-state index contributed by atoms with van der Waals surface area (Å²) in [6, 6.07) is 1.38. The minimum Gasteiger partial charge on any atom is -0.379 e. The highest BCUT2D eigenvalue weighted by molar-refractivity contribution is 5.83. The lowest BCUT2D eigenvalue weighted by Crippen LogP contribution is -2.60. The van der Waals surface area contributed by atoms with Gasteiger partial charge in [0.25, 0.3) is 0 Å². The van der Waals surface area contributed by atoms with Crippen LogP contribution in [0.1, 0.15) is 42.9 Å². The third-order valence-electron chi connectivity index (χ3n) is 6.98. The van der Waals surface area contributed by atoms with Crippen molar-refractivity contribution >= 4 is 5.91 Å². The smallest absolute Gasteiger partial charge is 0.379 e. The number of amides is 1. The lowest BCUT2D eigenvalue weighted by atomic mass is 9.61. The molecule has 3 atom stereocenters. The quantitative estimate of drug-likeness (QED) is 0.743. The molecular formula is C21H30F3N5O2. The predicted octanol–water partition coefficient (Wildman–Crippen LogP) is 1.90. The molecule has 3 aliphatic rings.